The molecule has 2 rings (SSSR count). The highest BCUT2D eigenvalue weighted by molar-refractivity contribution is 5.69. The summed E-state index contributed by atoms with van der Waals surface area (Å²) in [5.41, 5.74) is 0.218. The number of nitrogens with one attached hydrogen (secondary N) is 1. The van der Waals surface area contributed by atoms with E-state index in [1.807, 2.05) is 30.3 Å². The number of piperidine rings is 1. The Morgan fingerprint density at radius 1 is 1.24 bits per heavy atom. The van der Waals surface area contributed by atoms with Gasteiger partial charge in [-0.15, -0.1) is 0 Å². The third kappa shape index (κ3) is 6.60. The first-order valence-electron chi connectivity index (χ1n) is 8.32. The van der Waals surface area contributed by atoms with Crippen LogP contribution in [-0.2, 0) is 16.1 Å². The zero-order chi connectivity index (χ0) is 18.4. The van der Waals surface area contributed by atoms with Gasteiger partial charge in [0.05, 0.1) is 12.6 Å². The Hall–Kier alpha value is -2.31. The van der Waals surface area contributed by atoms with E-state index in [-0.39, 0.29) is 26.1 Å². The summed E-state index contributed by atoms with van der Waals surface area (Å²) in [4.78, 5) is 25.3. The molecule has 0 saturated carbocycles. The average Bonchev–Trinajstić information content (AvgIpc) is 2.51. The summed E-state index contributed by atoms with van der Waals surface area (Å²) in [5, 5.41) is 2.61. The zero-order valence-corrected chi connectivity index (χ0v) is 14.8. The molecule has 1 heterocycles. The van der Waals surface area contributed by atoms with Crippen molar-refractivity contribution < 1.29 is 23.5 Å². The molecule has 0 aromatic heterocycles. The number of alkyl carbamates (subject to hydrolysis) is 1. The van der Waals surface area contributed by atoms with Crippen LogP contribution in [0.2, 0.25) is 0 Å². The second-order valence-corrected chi connectivity index (χ2v) is 7.12. The lowest BCUT2D eigenvalue weighted by Gasteiger charge is -2.34. The van der Waals surface area contributed by atoms with Crippen molar-refractivity contribution in [3.8, 4) is 0 Å². The molecule has 0 bridgehead atoms. The van der Waals surface area contributed by atoms with E-state index in [4.69, 9.17) is 9.47 Å². The lowest BCUT2D eigenvalue weighted by molar-refractivity contribution is 0.0383. The molecule has 25 heavy (non-hydrogen) atoms. The molecule has 1 aliphatic rings. The van der Waals surface area contributed by atoms with E-state index in [1.54, 1.807) is 20.8 Å². The van der Waals surface area contributed by atoms with Crippen LogP contribution in [0.1, 0.15) is 32.8 Å². The van der Waals surface area contributed by atoms with Gasteiger partial charge in [-0.3, -0.25) is 0 Å². The summed E-state index contributed by atoms with van der Waals surface area (Å²) < 4.78 is 24.3. The number of halogens is 1. The second kappa shape index (κ2) is 8.18. The fraction of sp³-hybridized carbons (Fsp3) is 0.556. The Kier molecular flexibility index (Phi) is 6.22. The Bertz CT molecular complexity index is 588. The number of nitrogens with zero attached hydrogens (tertiary/aromatic N) is 1. The van der Waals surface area contributed by atoms with Gasteiger partial charge >= 0.3 is 12.2 Å². The Morgan fingerprint density at radius 3 is 2.56 bits per heavy atom. The fourth-order valence-electron chi connectivity index (χ4n) is 2.58. The van der Waals surface area contributed by atoms with Crippen molar-refractivity contribution in [3.05, 3.63) is 35.9 Å². The SMILES string of the molecule is CC(C)(C)OC(=O)NC1CC(F)CN(C(=O)OCc2ccccc2)C1. The highest BCUT2D eigenvalue weighted by atomic mass is 19.1. The van der Waals surface area contributed by atoms with Crippen LogP contribution in [0, 0.1) is 0 Å². The summed E-state index contributed by atoms with van der Waals surface area (Å²) in [6.07, 6.45) is -2.30. The third-order valence-electron chi connectivity index (χ3n) is 3.58. The number of rotatable bonds is 3. The van der Waals surface area contributed by atoms with Crippen molar-refractivity contribution in [2.75, 3.05) is 13.1 Å². The number of carbonyl (C=O) groups excluding carboxylic acids is 2. The molecule has 1 aliphatic heterocycles. The normalized spacial score (nSPS) is 20.7. The van der Waals surface area contributed by atoms with Crippen LogP contribution >= 0.6 is 0 Å². The number of hydrogen-bond acceptors (Lipinski definition) is 4. The fourth-order valence-corrected chi connectivity index (χ4v) is 2.58. The maximum Gasteiger partial charge on any atom is 0.410 e. The number of carbonyl (C=O) groups is 2. The number of likely N-dealkylation sites (tertiary alicyclic amines) is 1. The monoisotopic (exact) mass is 352 g/mol. The molecule has 1 saturated heterocycles. The summed E-state index contributed by atoms with van der Waals surface area (Å²) >= 11 is 0. The molecular weight excluding hydrogens is 327 g/mol. The first-order chi connectivity index (χ1) is 11.7. The maximum atomic E-state index is 14.0. The molecule has 1 fully saturated rings. The van der Waals surface area contributed by atoms with Crippen molar-refractivity contribution in [1.29, 1.82) is 0 Å². The molecule has 1 N–H and O–H groups in total. The molecule has 0 aliphatic carbocycles. The molecule has 7 heteroatoms. The van der Waals surface area contributed by atoms with Gasteiger partial charge in [-0.05, 0) is 26.3 Å². The van der Waals surface area contributed by atoms with Crippen LogP contribution in [0.15, 0.2) is 30.3 Å². The third-order valence-corrected chi connectivity index (χ3v) is 3.58. The zero-order valence-electron chi connectivity index (χ0n) is 14.8. The topological polar surface area (TPSA) is 67.9 Å². The molecule has 2 atom stereocenters. The van der Waals surface area contributed by atoms with Gasteiger partial charge < -0.3 is 19.7 Å². The van der Waals surface area contributed by atoms with E-state index in [1.165, 1.54) is 4.90 Å². The lowest BCUT2D eigenvalue weighted by atomic mass is 10.0. The van der Waals surface area contributed by atoms with Crippen molar-refractivity contribution in [3.63, 3.8) is 0 Å². The summed E-state index contributed by atoms with van der Waals surface area (Å²) in [5.74, 6) is 0. The minimum Gasteiger partial charge on any atom is -0.445 e. The minimum absolute atomic E-state index is 0.0415. The van der Waals surface area contributed by atoms with Gasteiger partial charge in [0.1, 0.15) is 18.4 Å². The highest BCUT2D eigenvalue weighted by Gasteiger charge is 2.32. The summed E-state index contributed by atoms with van der Waals surface area (Å²) in [6, 6.07) is 8.74. The van der Waals surface area contributed by atoms with Gasteiger partial charge in [0, 0.05) is 13.0 Å². The van der Waals surface area contributed by atoms with Crippen LogP contribution in [-0.4, -0.2) is 48.0 Å². The van der Waals surface area contributed by atoms with Gasteiger partial charge in [0.25, 0.3) is 0 Å². The number of ether oxygens (including phenoxy) is 2. The van der Waals surface area contributed by atoms with Crippen LogP contribution in [0.3, 0.4) is 0 Å². The molecule has 2 unspecified atom stereocenters. The number of benzene rings is 1. The van der Waals surface area contributed by atoms with Crippen LogP contribution in [0.25, 0.3) is 0 Å². The minimum atomic E-state index is -1.22. The first kappa shape index (κ1) is 19.0. The average molecular weight is 352 g/mol. The van der Waals surface area contributed by atoms with Crippen LogP contribution < -0.4 is 5.32 Å². The van der Waals surface area contributed by atoms with Gasteiger partial charge in [0.2, 0.25) is 0 Å². The van der Waals surface area contributed by atoms with Gasteiger partial charge in [-0.2, -0.15) is 0 Å². The summed E-state index contributed by atoms with van der Waals surface area (Å²) in [7, 11) is 0. The van der Waals surface area contributed by atoms with E-state index in [2.05, 4.69) is 5.32 Å². The first-order valence-corrected chi connectivity index (χ1v) is 8.32. The van der Waals surface area contributed by atoms with Crippen molar-refractivity contribution in [1.82, 2.24) is 10.2 Å². The standard InChI is InChI=1S/C18H25FN2O4/c1-18(2,3)25-16(22)20-15-9-14(19)10-21(11-15)17(23)24-12-13-7-5-4-6-8-13/h4-8,14-15H,9-12H2,1-3H3,(H,20,22). The Morgan fingerprint density at radius 2 is 1.92 bits per heavy atom. The van der Waals surface area contributed by atoms with E-state index >= 15 is 0 Å². The quantitative estimate of drug-likeness (QED) is 0.907. The van der Waals surface area contributed by atoms with E-state index < -0.39 is 30.0 Å². The molecule has 1 aromatic rings. The lowest BCUT2D eigenvalue weighted by Crippen LogP contribution is -2.54. The molecule has 0 radical (unpaired) electrons. The molecular formula is C18H25FN2O4. The maximum absolute atomic E-state index is 14.0. The Labute approximate surface area is 147 Å². The molecule has 6 nitrogen and oxygen atoms in total. The van der Waals surface area contributed by atoms with Gasteiger partial charge in [-0.1, -0.05) is 30.3 Å². The summed E-state index contributed by atoms with van der Waals surface area (Å²) in [6.45, 7) is 5.51. The van der Waals surface area contributed by atoms with Gasteiger partial charge in [-0.25, -0.2) is 14.0 Å². The highest BCUT2D eigenvalue weighted by Crippen LogP contribution is 2.16. The predicted octanol–water partition coefficient (Wildman–Crippen LogP) is 3.26. The largest absolute Gasteiger partial charge is 0.445 e. The molecule has 0 spiro atoms. The smallest absolute Gasteiger partial charge is 0.410 e. The number of alkyl halides is 1. The van der Waals surface area contributed by atoms with Crippen molar-refractivity contribution in [2.24, 2.45) is 0 Å². The predicted molar refractivity (Wildman–Crippen MR) is 90.9 cm³/mol. The number of amides is 2. The van der Waals surface area contributed by atoms with Crippen molar-refractivity contribution >= 4 is 12.2 Å². The van der Waals surface area contributed by atoms with E-state index in [0.717, 1.165) is 5.56 Å². The van der Waals surface area contributed by atoms with E-state index in [0.29, 0.717) is 0 Å². The second-order valence-electron chi connectivity index (χ2n) is 7.12. The van der Waals surface area contributed by atoms with Crippen LogP contribution in [0.4, 0.5) is 14.0 Å². The van der Waals surface area contributed by atoms with Gasteiger partial charge in [0.15, 0.2) is 0 Å². The molecule has 2 amide bonds. The molecule has 138 valence electrons. The van der Waals surface area contributed by atoms with Crippen LogP contribution in [0.5, 0.6) is 0 Å². The molecule has 1 aromatic carbocycles. The van der Waals surface area contributed by atoms with Crippen molar-refractivity contribution in [2.45, 2.75) is 51.6 Å². The van der Waals surface area contributed by atoms with E-state index in [9.17, 15) is 14.0 Å². The Balaban J connectivity index is 1.86. The number of hydrogen-bond donors (Lipinski definition) is 1.